The van der Waals surface area contributed by atoms with Crippen LogP contribution >= 0.6 is 0 Å². The van der Waals surface area contributed by atoms with Crippen molar-refractivity contribution in [2.24, 2.45) is 5.92 Å². The first kappa shape index (κ1) is 17.2. The fourth-order valence-corrected chi connectivity index (χ4v) is 3.29. The van der Waals surface area contributed by atoms with Crippen LogP contribution in [0.3, 0.4) is 0 Å². The molecule has 1 heterocycles. The van der Waals surface area contributed by atoms with Crippen LogP contribution in [0.2, 0.25) is 0 Å². The maximum absolute atomic E-state index is 6.08. The van der Waals surface area contributed by atoms with E-state index in [1.807, 2.05) is 0 Å². The summed E-state index contributed by atoms with van der Waals surface area (Å²) < 4.78 is 12.0. The largest absolute Gasteiger partial charge is 0.378 e. The van der Waals surface area contributed by atoms with Gasteiger partial charge in [-0.15, -0.1) is 0 Å². The fraction of sp³-hybridized carbons (Fsp3) is 1.00. The van der Waals surface area contributed by atoms with Crippen LogP contribution < -0.4 is 0 Å². The van der Waals surface area contributed by atoms with E-state index in [0.717, 1.165) is 25.4 Å². The van der Waals surface area contributed by atoms with Crippen molar-refractivity contribution in [3.05, 3.63) is 0 Å². The number of piperidine rings is 1. The topological polar surface area (TPSA) is 21.7 Å². The summed E-state index contributed by atoms with van der Waals surface area (Å²) >= 11 is 0. The summed E-state index contributed by atoms with van der Waals surface area (Å²) in [5.41, 5.74) is 0.298. The van der Waals surface area contributed by atoms with Gasteiger partial charge in [0, 0.05) is 12.1 Å². The number of nitrogens with zero attached hydrogens (tertiary/aromatic N) is 1. The summed E-state index contributed by atoms with van der Waals surface area (Å²) in [4.78, 5) is 2.60. The molecule has 0 radical (unpaired) electrons. The van der Waals surface area contributed by atoms with Crippen LogP contribution in [0.5, 0.6) is 0 Å². The molecule has 0 spiro atoms. The third-order valence-corrected chi connectivity index (χ3v) is 4.70. The van der Waals surface area contributed by atoms with Crippen molar-refractivity contribution in [3.8, 4) is 0 Å². The van der Waals surface area contributed by atoms with Crippen molar-refractivity contribution >= 4 is 0 Å². The smallest absolute Gasteiger partial charge is 0.0631 e. The molecule has 2 rings (SSSR count). The molecule has 1 saturated carbocycles. The zero-order chi connectivity index (χ0) is 15.7. The lowest BCUT2D eigenvalue weighted by molar-refractivity contribution is -0.153. The molecule has 1 saturated heterocycles. The molecular formula is C18H35NO2. The van der Waals surface area contributed by atoms with Gasteiger partial charge in [-0.2, -0.15) is 0 Å². The van der Waals surface area contributed by atoms with Gasteiger partial charge in [-0.25, -0.2) is 0 Å². The lowest BCUT2D eigenvalue weighted by Gasteiger charge is -2.42. The molecule has 0 aromatic rings. The van der Waals surface area contributed by atoms with Gasteiger partial charge in [0.15, 0.2) is 0 Å². The first-order chi connectivity index (χ1) is 9.63. The zero-order valence-corrected chi connectivity index (χ0v) is 14.9. The van der Waals surface area contributed by atoms with Gasteiger partial charge in [-0.05, 0) is 86.2 Å². The van der Waals surface area contributed by atoms with E-state index in [0.29, 0.717) is 17.7 Å². The normalized spacial score (nSPS) is 29.4. The fourth-order valence-electron chi connectivity index (χ4n) is 3.29. The van der Waals surface area contributed by atoms with Gasteiger partial charge in [0.05, 0.1) is 17.8 Å². The second kappa shape index (κ2) is 6.55. The number of rotatable bonds is 4. The van der Waals surface area contributed by atoms with Crippen molar-refractivity contribution < 1.29 is 9.47 Å². The summed E-state index contributed by atoms with van der Waals surface area (Å²) in [6.07, 6.45) is 5.59. The van der Waals surface area contributed by atoms with Crippen LogP contribution in [-0.4, -0.2) is 47.9 Å². The first-order valence-corrected chi connectivity index (χ1v) is 8.68. The van der Waals surface area contributed by atoms with Crippen molar-refractivity contribution in [1.29, 1.82) is 0 Å². The average molecular weight is 297 g/mol. The third kappa shape index (κ3) is 5.54. The summed E-state index contributed by atoms with van der Waals surface area (Å²) in [5.74, 6) is 0.756. The average Bonchev–Trinajstić information content (AvgIpc) is 2.30. The van der Waals surface area contributed by atoms with Gasteiger partial charge in [-0.3, -0.25) is 4.90 Å². The van der Waals surface area contributed by atoms with Crippen molar-refractivity contribution in [2.45, 2.75) is 90.6 Å². The van der Waals surface area contributed by atoms with Gasteiger partial charge in [0.2, 0.25) is 0 Å². The summed E-state index contributed by atoms with van der Waals surface area (Å²) in [5, 5.41) is 0. The molecule has 0 unspecified atom stereocenters. The number of hydrogen-bond donors (Lipinski definition) is 0. The van der Waals surface area contributed by atoms with E-state index in [4.69, 9.17) is 9.47 Å². The molecule has 0 aromatic carbocycles. The molecule has 0 atom stereocenters. The molecule has 1 aliphatic heterocycles. The summed E-state index contributed by atoms with van der Waals surface area (Å²) in [6.45, 7) is 16.7. The summed E-state index contributed by atoms with van der Waals surface area (Å²) in [7, 11) is 0. The van der Waals surface area contributed by atoms with Gasteiger partial charge in [0.1, 0.15) is 0 Å². The minimum Gasteiger partial charge on any atom is -0.378 e. The Morgan fingerprint density at radius 3 is 1.95 bits per heavy atom. The Bertz CT molecular complexity index is 315. The van der Waals surface area contributed by atoms with Crippen LogP contribution in [0.1, 0.15) is 67.2 Å². The Kier molecular flexibility index (Phi) is 5.38. The minimum atomic E-state index is -0.0184. The molecule has 124 valence electrons. The van der Waals surface area contributed by atoms with E-state index in [9.17, 15) is 0 Å². The van der Waals surface area contributed by atoms with Gasteiger partial charge >= 0.3 is 0 Å². The first-order valence-electron chi connectivity index (χ1n) is 8.68. The SMILES string of the molecule is CC(C)(C)OC1CC(OCC2CCN(C(C)(C)C)CC2)C1. The van der Waals surface area contributed by atoms with Crippen LogP contribution in [0.25, 0.3) is 0 Å². The van der Waals surface area contributed by atoms with Gasteiger partial charge in [0.25, 0.3) is 0 Å². The van der Waals surface area contributed by atoms with Crippen molar-refractivity contribution in [2.75, 3.05) is 19.7 Å². The number of ether oxygens (including phenoxy) is 2. The molecule has 3 nitrogen and oxygen atoms in total. The molecule has 0 N–H and O–H groups in total. The summed E-state index contributed by atoms with van der Waals surface area (Å²) in [6, 6.07) is 0. The monoisotopic (exact) mass is 297 g/mol. The molecule has 0 amide bonds. The van der Waals surface area contributed by atoms with Gasteiger partial charge in [-0.1, -0.05) is 0 Å². The maximum atomic E-state index is 6.08. The highest BCUT2D eigenvalue weighted by Gasteiger charge is 2.34. The Morgan fingerprint density at radius 1 is 0.905 bits per heavy atom. The van der Waals surface area contributed by atoms with Crippen LogP contribution in [0.15, 0.2) is 0 Å². The molecule has 2 fully saturated rings. The highest BCUT2D eigenvalue weighted by Crippen LogP contribution is 2.31. The maximum Gasteiger partial charge on any atom is 0.0631 e. The van der Waals surface area contributed by atoms with E-state index in [1.165, 1.54) is 25.9 Å². The minimum absolute atomic E-state index is 0.0184. The van der Waals surface area contributed by atoms with Crippen molar-refractivity contribution in [3.63, 3.8) is 0 Å². The Hall–Kier alpha value is -0.120. The number of hydrogen-bond acceptors (Lipinski definition) is 3. The van der Waals surface area contributed by atoms with E-state index in [1.54, 1.807) is 0 Å². The second-order valence-corrected chi connectivity index (χ2v) is 8.88. The Labute approximate surface area is 131 Å². The highest BCUT2D eigenvalue weighted by molar-refractivity contribution is 4.85. The molecule has 1 aliphatic carbocycles. The van der Waals surface area contributed by atoms with Crippen molar-refractivity contribution in [1.82, 2.24) is 4.90 Å². The molecular weight excluding hydrogens is 262 g/mol. The second-order valence-electron chi connectivity index (χ2n) is 8.88. The molecule has 2 aliphatic rings. The van der Waals surface area contributed by atoms with E-state index >= 15 is 0 Å². The van der Waals surface area contributed by atoms with Crippen LogP contribution in [0.4, 0.5) is 0 Å². The third-order valence-electron chi connectivity index (χ3n) is 4.70. The molecule has 0 bridgehead atoms. The Morgan fingerprint density at radius 2 is 1.48 bits per heavy atom. The quantitative estimate of drug-likeness (QED) is 0.786. The van der Waals surface area contributed by atoms with E-state index in [-0.39, 0.29) is 5.60 Å². The van der Waals surface area contributed by atoms with E-state index in [2.05, 4.69) is 46.4 Å². The Balaban J connectivity index is 1.58. The highest BCUT2D eigenvalue weighted by atomic mass is 16.5. The van der Waals surface area contributed by atoms with Crippen LogP contribution in [0, 0.1) is 5.92 Å². The molecule has 3 heteroatoms. The molecule has 21 heavy (non-hydrogen) atoms. The lowest BCUT2D eigenvalue weighted by Crippen LogP contribution is -2.47. The predicted octanol–water partition coefficient (Wildman–Crippen LogP) is 3.86. The van der Waals surface area contributed by atoms with Crippen LogP contribution in [-0.2, 0) is 9.47 Å². The predicted molar refractivity (Wildman–Crippen MR) is 87.7 cm³/mol. The lowest BCUT2D eigenvalue weighted by atomic mass is 9.90. The van der Waals surface area contributed by atoms with Gasteiger partial charge < -0.3 is 9.47 Å². The van der Waals surface area contributed by atoms with E-state index < -0.39 is 0 Å². The standard InChI is InChI=1S/C18H35NO2/c1-17(2,3)19-9-7-14(8-10-19)13-20-15-11-16(12-15)21-18(4,5)6/h14-16H,7-13H2,1-6H3. The number of likely N-dealkylation sites (tertiary alicyclic amines) is 1. The molecule has 0 aromatic heterocycles. The zero-order valence-electron chi connectivity index (χ0n) is 14.9.